The number of nitrogens with zero attached hydrogens (tertiary/aromatic N) is 5. The number of rotatable bonds is 0. The number of fused-ring (bicyclic) bond motifs is 1. The highest BCUT2D eigenvalue weighted by Gasteiger charge is 2.05. The van der Waals surface area contributed by atoms with Crippen molar-refractivity contribution in [1.82, 2.24) is 25.1 Å². The summed E-state index contributed by atoms with van der Waals surface area (Å²) in [5.74, 6) is 0.204. The molecule has 0 spiro atoms. The van der Waals surface area contributed by atoms with Crippen molar-refractivity contribution in [1.29, 1.82) is 0 Å². The van der Waals surface area contributed by atoms with Gasteiger partial charge in [0.05, 0.1) is 12.5 Å². The van der Waals surface area contributed by atoms with E-state index in [1.807, 2.05) is 0 Å². The summed E-state index contributed by atoms with van der Waals surface area (Å²) < 4.78 is 0.523. The van der Waals surface area contributed by atoms with Crippen molar-refractivity contribution in [3.05, 3.63) is 17.7 Å². The maximum atomic E-state index is 10.8. The molecule has 0 amide bonds. The minimum Gasteiger partial charge on any atom is -0.803 e. The Bertz CT molecular complexity index is 318. The van der Waals surface area contributed by atoms with E-state index in [4.69, 9.17) is 0 Å². The first-order valence-electron chi connectivity index (χ1n) is 2.57. The molecule has 0 aliphatic carbocycles. The van der Waals surface area contributed by atoms with E-state index < -0.39 is 0 Å². The first kappa shape index (κ1) is 5.10. The van der Waals surface area contributed by atoms with E-state index in [1.165, 1.54) is 6.20 Å². The Morgan fingerprint density at radius 3 is 3.10 bits per heavy atom. The maximum absolute atomic E-state index is 10.8. The highest BCUT2D eigenvalue weighted by Crippen LogP contribution is 2.10. The van der Waals surface area contributed by atoms with Crippen LogP contribution in [0, 0.1) is 5.21 Å². The van der Waals surface area contributed by atoms with Gasteiger partial charge in [-0.3, -0.25) is 0 Å². The zero-order valence-corrected chi connectivity index (χ0v) is 4.80. The molecule has 0 N–H and O–H groups in total. The van der Waals surface area contributed by atoms with Crippen molar-refractivity contribution >= 4 is 0 Å². The van der Waals surface area contributed by atoms with E-state index in [0.717, 1.165) is 6.33 Å². The summed E-state index contributed by atoms with van der Waals surface area (Å²) in [6.45, 7) is 0. The monoisotopic (exact) mass is 136 g/mol. The second-order valence-electron chi connectivity index (χ2n) is 1.72. The summed E-state index contributed by atoms with van der Waals surface area (Å²) in [7, 11) is 0. The lowest BCUT2D eigenvalue weighted by molar-refractivity contribution is 0.921. The molecule has 0 saturated heterocycles. The van der Waals surface area contributed by atoms with Gasteiger partial charge in [-0.15, -0.1) is 10.2 Å². The molecule has 2 aliphatic heterocycles. The molecule has 0 aromatic carbocycles. The molecule has 0 atom stereocenters. The molecule has 2 heterocycles. The minimum absolute atomic E-state index is 0.204. The lowest BCUT2D eigenvalue weighted by Gasteiger charge is -2.09. The Morgan fingerprint density at radius 1 is 1.40 bits per heavy atom. The molecule has 10 heavy (non-hydrogen) atoms. The Labute approximate surface area is 55.5 Å². The van der Waals surface area contributed by atoms with E-state index >= 15 is 0 Å². The van der Waals surface area contributed by atoms with Gasteiger partial charge in [-0.2, -0.15) is 0 Å². The Balaban J connectivity index is 2.80. The zero-order chi connectivity index (χ0) is 6.97. The van der Waals surface area contributed by atoms with E-state index in [0.29, 0.717) is 10.4 Å². The SMILES string of the molecule is [O-]n1cncc2nnnc1-2. The molecular weight excluding hydrogens is 134 g/mol. The Morgan fingerprint density at radius 2 is 2.30 bits per heavy atom. The molecule has 0 saturated carbocycles. The van der Waals surface area contributed by atoms with Crippen LogP contribution in [-0.2, 0) is 0 Å². The van der Waals surface area contributed by atoms with Crippen molar-refractivity contribution < 1.29 is 0 Å². The van der Waals surface area contributed by atoms with Gasteiger partial charge < -0.3 is 9.94 Å². The summed E-state index contributed by atoms with van der Waals surface area (Å²) in [5, 5.41) is 21.1. The van der Waals surface area contributed by atoms with Crippen molar-refractivity contribution in [3.63, 3.8) is 0 Å². The van der Waals surface area contributed by atoms with Crippen molar-refractivity contribution in [2.45, 2.75) is 0 Å². The average Bonchev–Trinajstić information content (AvgIpc) is 2.36. The van der Waals surface area contributed by atoms with Crippen molar-refractivity contribution in [3.8, 4) is 11.5 Å². The topological polar surface area (TPSA) is 79.5 Å². The fourth-order valence-electron chi connectivity index (χ4n) is 0.669. The predicted octanol–water partition coefficient (Wildman–Crippen LogP) is -0.481. The number of hydrogen-bond acceptors (Lipinski definition) is 5. The molecule has 2 aliphatic rings. The van der Waals surface area contributed by atoms with Crippen LogP contribution < -0.4 is 0 Å². The first-order chi connectivity index (χ1) is 4.88. The molecule has 6 heteroatoms. The second kappa shape index (κ2) is 1.63. The largest absolute Gasteiger partial charge is 0.803 e. The molecule has 0 aromatic rings. The van der Waals surface area contributed by atoms with Gasteiger partial charge in [0.15, 0.2) is 11.5 Å². The van der Waals surface area contributed by atoms with Crippen LogP contribution in [0.3, 0.4) is 0 Å². The van der Waals surface area contributed by atoms with Gasteiger partial charge in [-0.05, 0) is 5.21 Å². The van der Waals surface area contributed by atoms with Crippen molar-refractivity contribution in [2.24, 2.45) is 0 Å². The molecule has 0 aromatic heterocycles. The van der Waals surface area contributed by atoms with Crippen molar-refractivity contribution in [2.75, 3.05) is 0 Å². The zero-order valence-electron chi connectivity index (χ0n) is 4.80. The summed E-state index contributed by atoms with van der Waals surface area (Å²) in [4.78, 5) is 3.59. The third kappa shape index (κ3) is 0.524. The molecule has 2 rings (SSSR count). The van der Waals surface area contributed by atoms with Gasteiger partial charge in [-0.25, -0.2) is 4.98 Å². The van der Waals surface area contributed by atoms with Crippen LogP contribution >= 0.6 is 0 Å². The van der Waals surface area contributed by atoms with Crippen LogP contribution in [0.25, 0.3) is 11.5 Å². The summed E-state index contributed by atoms with van der Waals surface area (Å²) in [6.07, 6.45) is 2.54. The molecule has 0 fully saturated rings. The van der Waals surface area contributed by atoms with Crippen LogP contribution in [0.15, 0.2) is 12.5 Å². The molecule has 0 unspecified atom stereocenters. The number of hydrogen-bond donors (Lipinski definition) is 0. The molecule has 0 radical (unpaired) electrons. The van der Waals surface area contributed by atoms with Gasteiger partial charge >= 0.3 is 0 Å². The standard InChI is InChI=1S/C4H2N5O/c10-9-2-5-1-3-4(9)7-8-6-3/h1-2H/q-1. The normalized spacial score (nSPS) is 10.4. The summed E-state index contributed by atoms with van der Waals surface area (Å²) in [5.41, 5.74) is 0.414. The van der Waals surface area contributed by atoms with E-state index in [9.17, 15) is 5.21 Å². The van der Waals surface area contributed by atoms with Crippen LogP contribution in [-0.4, -0.2) is 25.1 Å². The Kier molecular flexibility index (Phi) is 0.830. The third-order valence-electron chi connectivity index (χ3n) is 1.10. The smallest absolute Gasteiger partial charge is 0.183 e. The lowest BCUT2D eigenvalue weighted by Crippen LogP contribution is -1.96. The van der Waals surface area contributed by atoms with Gasteiger partial charge in [-0.1, -0.05) is 0 Å². The minimum atomic E-state index is 0.204. The molecule has 0 bridgehead atoms. The van der Waals surface area contributed by atoms with Gasteiger partial charge in [0.1, 0.15) is 0 Å². The average molecular weight is 136 g/mol. The summed E-state index contributed by atoms with van der Waals surface area (Å²) in [6, 6.07) is 0. The van der Waals surface area contributed by atoms with Crippen LogP contribution in [0.1, 0.15) is 0 Å². The van der Waals surface area contributed by atoms with Crippen LogP contribution in [0.5, 0.6) is 0 Å². The first-order valence-corrected chi connectivity index (χ1v) is 2.57. The molecular formula is C4H2N5O-. The predicted molar refractivity (Wildman–Crippen MR) is 31.0 cm³/mol. The maximum Gasteiger partial charge on any atom is 0.183 e. The third-order valence-corrected chi connectivity index (χ3v) is 1.10. The van der Waals surface area contributed by atoms with E-state index in [-0.39, 0.29) is 5.82 Å². The quantitative estimate of drug-likeness (QED) is 0.488. The summed E-state index contributed by atoms with van der Waals surface area (Å²) >= 11 is 0. The van der Waals surface area contributed by atoms with Gasteiger partial charge in [0.25, 0.3) is 0 Å². The van der Waals surface area contributed by atoms with E-state index in [2.05, 4.69) is 20.4 Å². The fourth-order valence-corrected chi connectivity index (χ4v) is 0.669. The highest BCUT2D eigenvalue weighted by molar-refractivity contribution is 5.47. The highest BCUT2D eigenvalue weighted by atomic mass is 16.5. The molecule has 50 valence electrons. The molecule has 6 nitrogen and oxygen atoms in total. The second-order valence-corrected chi connectivity index (χ2v) is 1.72. The van der Waals surface area contributed by atoms with Crippen LogP contribution in [0.4, 0.5) is 0 Å². The van der Waals surface area contributed by atoms with E-state index in [1.54, 1.807) is 0 Å². The number of aromatic nitrogens is 5. The van der Waals surface area contributed by atoms with Crippen LogP contribution in [0.2, 0.25) is 0 Å². The fraction of sp³-hybridized carbons (Fsp3) is 0. The Hall–Kier alpha value is -1.72. The lowest BCUT2D eigenvalue weighted by atomic mass is 10.4. The van der Waals surface area contributed by atoms with Gasteiger partial charge in [0, 0.05) is 0 Å². The van der Waals surface area contributed by atoms with Gasteiger partial charge in [0.2, 0.25) is 0 Å².